The fraction of sp³-hybridized carbons (Fsp3) is 0.500. The third kappa shape index (κ3) is 3.08. The first-order valence-corrected chi connectivity index (χ1v) is 4.63. The van der Waals surface area contributed by atoms with E-state index in [0.29, 0.717) is 11.3 Å². The van der Waals surface area contributed by atoms with Gasteiger partial charge in [0.2, 0.25) is 0 Å². The first-order chi connectivity index (χ1) is 5.60. The van der Waals surface area contributed by atoms with E-state index in [9.17, 15) is 0 Å². The molecular formula is C12H18. The minimum atomic E-state index is 0.316. The van der Waals surface area contributed by atoms with Gasteiger partial charge in [0.25, 0.3) is 0 Å². The van der Waals surface area contributed by atoms with Gasteiger partial charge in [0.05, 0.1) is 0 Å². The van der Waals surface area contributed by atoms with Crippen LogP contribution in [0, 0.1) is 11.3 Å². The van der Waals surface area contributed by atoms with E-state index in [1.807, 2.05) is 0 Å². The molecule has 0 aliphatic heterocycles. The van der Waals surface area contributed by atoms with E-state index in [2.05, 4.69) is 57.2 Å². The van der Waals surface area contributed by atoms with Crippen LogP contribution in [-0.4, -0.2) is 0 Å². The highest BCUT2D eigenvalue weighted by Gasteiger charge is 2.11. The average molecular weight is 162 g/mol. The van der Waals surface area contributed by atoms with E-state index in [0.717, 1.165) is 6.42 Å². The molecule has 1 atom stereocenters. The number of hydrogen-bond acceptors (Lipinski definition) is 0. The second-order valence-corrected chi connectivity index (χ2v) is 4.22. The highest BCUT2D eigenvalue weighted by atomic mass is 14.2. The van der Waals surface area contributed by atoms with Gasteiger partial charge in [0.15, 0.2) is 0 Å². The summed E-state index contributed by atoms with van der Waals surface area (Å²) in [6.07, 6.45) is 14.5. The van der Waals surface area contributed by atoms with Gasteiger partial charge in [0, 0.05) is 0 Å². The smallest absolute Gasteiger partial charge is 0.00786 e. The van der Waals surface area contributed by atoms with Crippen molar-refractivity contribution < 1.29 is 0 Å². The van der Waals surface area contributed by atoms with Gasteiger partial charge in [-0.2, -0.15) is 0 Å². The van der Waals surface area contributed by atoms with Crippen LogP contribution in [0.1, 0.15) is 27.2 Å². The van der Waals surface area contributed by atoms with Crippen molar-refractivity contribution in [3.63, 3.8) is 0 Å². The van der Waals surface area contributed by atoms with Crippen molar-refractivity contribution in [3.8, 4) is 0 Å². The minimum absolute atomic E-state index is 0.316. The molecule has 1 aliphatic carbocycles. The fourth-order valence-electron chi connectivity index (χ4n) is 1.23. The molecule has 0 heteroatoms. The van der Waals surface area contributed by atoms with Crippen LogP contribution < -0.4 is 0 Å². The maximum atomic E-state index is 2.32. The summed E-state index contributed by atoms with van der Waals surface area (Å²) < 4.78 is 0. The Kier molecular flexibility index (Phi) is 2.91. The molecule has 1 unspecified atom stereocenters. The van der Waals surface area contributed by atoms with E-state index >= 15 is 0 Å². The largest absolute Gasteiger partial charge is 0.0837 e. The molecule has 0 amide bonds. The van der Waals surface area contributed by atoms with E-state index in [1.54, 1.807) is 0 Å². The SMILES string of the molecule is CC1C=CC=CCC(C)(C)C=C1. The number of hydrogen-bond donors (Lipinski definition) is 0. The van der Waals surface area contributed by atoms with Gasteiger partial charge in [0.1, 0.15) is 0 Å². The first kappa shape index (κ1) is 9.31. The maximum Gasteiger partial charge on any atom is -0.00786 e. The van der Waals surface area contributed by atoms with Gasteiger partial charge in [-0.05, 0) is 17.8 Å². The van der Waals surface area contributed by atoms with Crippen LogP contribution in [0.4, 0.5) is 0 Å². The molecule has 0 spiro atoms. The zero-order valence-electron chi connectivity index (χ0n) is 8.25. The van der Waals surface area contributed by atoms with Crippen LogP contribution >= 0.6 is 0 Å². The van der Waals surface area contributed by atoms with E-state index in [4.69, 9.17) is 0 Å². The summed E-state index contributed by atoms with van der Waals surface area (Å²) in [6, 6.07) is 0. The lowest BCUT2D eigenvalue weighted by Crippen LogP contribution is -2.05. The summed E-state index contributed by atoms with van der Waals surface area (Å²) in [5.41, 5.74) is 0.316. The molecule has 12 heavy (non-hydrogen) atoms. The van der Waals surface area contributed by atoms with Gasteiger partial charge in [-0.3, -0.25) is 0 Å². The van der Waals surface area contributed by atoms with E-state index in [-0.39, 0.29) is 0 Å². The summed E-state index contributed by atoms with van der Waals surface area (Å²) in [7, 11) is 0. The van der Waals surface area contributed by atoms with Crippen molar-refractivity contribution in [1.29, 1.82) is 0 Å². The van der Waals surface area contributed by atoms with Crippen molar-refractivity contribution in [3.05, 3.63) is 36.5 Å². The van der Waals surface area contributed by atoms with Gasteiger partial charge in [-0.15, -0.1) is 0 Å². The van der Waals surface area contributed by atoms with E-state index < -0.39 is 0 Å². The Bertz CT molecular complexity index is 216. The summed E-state index contributed by atoms with van der Waals surface area (Å²) in [6.45, 7) is 6.75. The van der Waals surface area contributed by atoms with Gasteiger partial charge >= 0.3 is 0 Å². The molecule has 0 saturated carbocycles. The molecule has 0 heterocycles. The lowest BCUT2D eigenvalue weighted by Gasteiger charge is -2.17. The van der Waals surface area contributed by atoms with Crippen LogP contribution in [0.5, 0.6) is 0 Å². The van der Waals surface area contributed by atoms with Crippen molar-refractivity contribution >= 4 is 0 Å². The van der Waals surface area contributed by atoms with Crippen LogP contribution in [0.25, 0.3) is 0 Å². The molecule has 0 N–H and O–H groups in total. The second kappa shape index (κ2) is 3.75. The van der Waals surface area contributed by atoms with Crippen LogP contribution in [-0.2, 0) is 0 Å². The molecule has 0 fully saturated rings. The zero-order valence-corrected chi connectivity index (χ0v) is 8.25. The Hall–Kier alpha value is -0.780. The van der Waals surface area contributed by atoms with Gasteiger partial charge < -0.3 is 0 Å². The Morgan fingerprint density at radius 3 is 2.67 bits per heavy atom. The highest BCUT2D eigenvalue weighted by Crippen LogP contribution is 2.24. The molecule has 0 bridgehead atoms. The van der Waals surface area contributed by atoms with Crippen molar-refractivity contribution in [2.75, 3.05) is 0 Å². The Morgan fingerprint density at radius 2 is 1.92 bits per heavy atom. The Morgan fingerprint density at radius 1 is 1.17 bits per heavy atom. The molecule has 1 aliphatic rings. The molecule has 66 valence electrons. The lowest BCUT2D eigenvalue weighted by molar-refractivity contribution is 0.486. The van der Waals surface area contributed by atoms with E-state index in [1.165, 1.54) is 0 Å². The molecule has 0 aromatic rings. The summed E-state index contributed by atoms with van der Waals surface area (Å²) >= 11 is 0. The Balaban J connectivity index is 2.78. The maximum absolute atomic E-state index is 2.32. The molecule has 0 saturated heterocycles. The lowest BCUT2D eigenvalue weighted by atomic mass is 9.88. The fourth-order valence-corrected chi connectivity index (χ4v) is 1.23. The molecular weight excluding hydrogens is 144 g/mol. The minimum Gasteiger partial charge on any atom is -0.0837 e. The number of allylic oxidation sites excluding steroid dienone is 6. The summed E-state index contributed by atoms with van der Waals surface area (Å²) in [5.74, 6) is 0.562. The molecule has 0 radical (unpaired) electrons. The third-order valence-electron chi connectivity index (χ3n) is 2.16. The standard InChI is InChI=1S/C12H18/c1-11-7-5-4-6-9-12(2,3)10-8-11/h4-8,10-11H,9H2,1-3H3. The van der Waals surface area contributed by atoms with Crippen molar-refractivity contribution in [1.82, 2.24) is 0 Å². The topological polar surface area (TPSA) is 0 Å². The normalized spacial score (nSPS) is 27.8. The van der Waals surface area contributed by atoms with Crippen LogP contribution in [0.15, 0.2) is 36.5 Å². The zero-order chi connectivity index (χ0) is 9.03. The first-order valence-electron chi connectivity index (χ1n) is 4.63. The summed E-state index contributed by atoms with van der Waals surface area (Å²) in [5, 5.41) is 0. The van der Waals surface area contributed by atoms with Crippen molar-refractivity contribution in [2.24, 2.45) is 11.3 Å². The Labute approximate surface area is 75.7 Å². The van der Waals surface area contributed by atoms with Crippen molar-refractivity contribution in [2.45, 2.75) is 27.2 Å². The summed E-state index contributed by atoms with van der Waals surface area (Å²) in [4.78, 5) is 0. The monoisotopic (exact) mass is 162 g/mol. The van der Waals surface area contributed by atoms with Crippen LogP contribution in [0.3, 0.4) is 0 Å². The average Bonchev–Trinajstić information content (AvgIpc) is 2.05. The third-order valence-corrected chi connectivity index (χ3v) is 2.16. The molecule has 0 aromatic carbocycles. The molecule has 1 rings (SSSR count). The predicted molar refractivity (Wildman–Crippen MR) is 55.0 cm³/mol. The second-order valence-electron chi connectivity index (χ2n) is 4.22. The van der Waals surface area contributed by atoms with Crippen LogP contribution in [0.2, 0.25) is 0 Å². The predicted octanol–water partition coefficient (Wildman–Crippen LogP) is 3.72. The molecule has 0 aromatic heterocycles. The molecule has 0 nitrogen and oxygen atoms in total. The number of rotatable bonds is 0. The van der Waals surface area contributed by atoms with Gasteiger partial charge in [-0.1, -0.05) is 57.2 Å². The highest BCUT2D eigenvalue weighted by molar-refractivity contribution is 5.13. The van der Waals surface area contributed by atoms with Gasteiger partial charge in [-0.25, -0.2) is 0 Å². The quantitative estimate of drug-likeness (QED) is 0.476.